The number of nitrogens with two attached hydrogens (primary N) is 1. The first-order valence-corrected chi connectivity index (χ1v) is 5.77. The zero-order valence-corrected chi connectivity index (χ0v) is 10.7. The fourth-order valence-electron chi connectivity index (χ4n) is 1.69. The molecule has 1 aromatic heterocycles. The third kappa shape index (κ3) is 2.88. The number of carbonyl (C=O) groups excluding carboxylic acids is 1. The minimum Gasteiger partial charge on any atom is -0.398 e. The molecule has 2 aromatic rings. The summed E-state index contributed by atoms with van der Waals surface area (Å²) < 4.78 is 13.1. The highest BCUT2D eigenvalue weighted by atomic mass is 19.1. The van der Waals surface area contributed by atoms with E-state index in [-0.39, 0.29) is 11.7 Å². The molecule has 98 valence electrons. The summed E-state index contributed by atoms with van der Waals surface area (Å²) in [7, 11) is 0. The smallest absolute Gasteiger partial charge is 0.259 e. The fraction of sp³-hybridized carbons (Fsp3) is 0.143. The van der Waals surface area contributed by atoms with Crippen molar-refractivity contribution in [2.24, 2.45) is 0 Å². The molecular formula is C14H14FN3O. The molecular weight excluding hydrogens is 245 g/mol. The number of aromatic nitrogens is 1. The Bertz CT molecular complexity index is 641. The number of rotatable bonds is 2. The zero-order chi connectivity index (χ0) is 14.0. The summed E-state index contributed by atoms with van der Waals surface area (Å²) in [5, 5.41) is 2.66. The number of anilines is 2. The van der Waals surface area contributed by atoms with Crippen molar-refractivity contribution in [3.63, 3.8) is 0 Å². The van der Waals surface area contributed by atoms with Gasteiger partial charge in [0, 0.05) is 23.3 Å². The molecule has 0 bridgehead atoms. The number of hydrogen-bond acceptors (Lipinski definition) is 3. The Morgan fingerprint density at radius 2 is 2.05 bits per heavy atom. The lowest BCUT2D eigenvalue weighted by Crippen LogP contribution is -2.14. The molecule has 0 radical (unpaired) electrons. The molecule has 0 saturated heterocycles. The van der Waals surface area contributed by atoms with Crippen LogP contribution in [0.5, 0.6) is 0 Å². The van der Waals surface area contributed by atoms with Gasteiger partial charge in [-0.2, -0.15) is 0 Å². The van der Waals surface area contributed by atoms with Crippen molar-refractivity contribution in [1.82, 2.24) is 4.98 Å². The summed E-state index contributed by atoms with van der Waals surface area (Å²) in [5.74, 6) is -0.675. The van der Waals surface area contributed by atoms with Crippen molar-refractivity contribution in [3.05, 3.63) is 53.1 Å². The van der Waals surface area contributed by atoms with E-state index in [1.165, 1.54) is 18.3 Å². The first-order valence-electron chi connectivity index (χ1n) is 5.77. The van der Waals surface area contributed by atoms with E-state index < -0.39 is 0 Å². The summed E-state index contributed by atoms with van der Waals surface area (Å²) in [5.41, 5.74) is 8.16. The molecule has 2 rings (SSSR count). The molecule has 0 atom stereocenters. The van der Waals surface area contributed by atoms with E-state index in [9.17, 15) is 9.18 Å². The van der Waals surface area contributed by atoms with Crippen LogP contribution in [0.1, 0.15) is 21.6 Å². The fourth-order valence-corrected chi connectivity index (χ4v) is 1.69. The van der Waals surface area contributed by atoms with Gasteiger partial charge in [-0.3, -0.25) is 9.78 Å². The number of halogens is 1. The van der Waals surface area contributed by atoms with Crippen LogP contribution >= 0.6 is 0 Å². The molecule has 0 fully saturated rings. The summed E-state index contributed by atoms with van der Waals surface area (Å²) in [4.78, 5) is 16.1. The summed E-state index contributed by atoms with van der Waals surface area (Å²) in [6, 6.07) is 6.00. The first-order chi connectivity index (χ1) is 8.97. The second-order valence-electron chi connectivity index (χ2n) is 4.33. The van der Waals surface area contributed by atoms with Crippen molar-refractivity contribution in [2.45, 2.75) is 13.8 Å². The average Bonchev–Trinajstić information content (AvgIpc) is 2.33. The van der Waals surface area contributed by atoms with Crippen LogP contribution in [0.25, 0.3) is 0 Å². The second kappa shape index (κ2) is 5.06. The van der Waals surface area contributed by atoms with Crippen LogP contribution in [0.4, 0.5) is 15.8 Å². The van der Waals surface area contributed by atoms with E-state index >= 15 is 0 Å². The van der Waals surface area contributed by atoms with Crippen molar-refractivity contribution < 1.29 is 9.18 Å². The van der Waals surface area contributed by atoms with Crippen LogP contribution in [0.2, 0.25) is 0 Å². The van der Waals surface area contributed by atoms with E-state index in [1.54, 1.807) is 26.0 Å². The van der Waals surface area contributed by atoms with Crippen LogP contribution in [0, 0.1) is 19.7 Å². The topological polar surface area (TPSA) is 68.0 Å². The predicted molar refractivity (Wildman–Crippen MR) is 72.5 cm³/mol. The number of hydrogen-bond donors (Lipinski definition) is 2. The van der Waals surface area contributed by atoms with Gasteiger partial charge in [-0.05, 0) is 43.7 Å². The third-order valence-corrected chi connectivity index (χ3v) is 2.73. The highest BCUT2D eigenvalue weighted by Crippen LogP contribution is 2.17. The van der Waals surface area contributed by atoms with Crippen molar-refractivity contribution in [3.8, 4) is 0 Å². The highest BCUT2D eigenvalue weighted by Gasteiger charge is 2.11. The molecule has 1 aromatic carbocycles. The largest absolute Gasteiger partial charge is 0.398 e. The van der Waals surface area contributed by atoms with E-state index in [0.29, 0.717) is 22.5 Å². The maximum Gasteiger partial charge on any atom is 0.259 e. The van der Waals surface area contributed by atoms with Crippen LogP contribution < -0.4 is 11.1 Å². The van der Waals surface area contributed by atoms with Gasteiger partial charge in [0.05, 0.1) is 5.56 Å². The SMILES string of the molecule is Cc1cc(N)c(C(=O)Nc2ccc(F)c(C)c2)cn1. The molecule has 0 aliphatic heterocycles. The van der Waals surface area contributed by atoms with E-state index in [4.69, 9.17) is 5.73 Å². The number of amides is 1. The van der Waals surface area contributed by atoms with E-state index in [2.05, 4.69) is 10.3 Å². The van der Waals surface area contributed by atoms with Gasteiger partial charge in [0.1, 0.15) is 5.82 Å². The highest BCUT2D eigenvalue weighted by molar-refractivity contribution is 6.07. The average molecular weight is 259 g/mol. The molecule has 5 heteroatoms. The Kier molecular flexibility index (Phi) is 3.46. The number of nitrogens with zero attached hydrogens (tertiary/aromatic N) is 1. The van der Waals surface area contributed by atoms with Gasteiger partial charge in [0.25, 0.3) is 5.91 Å². The van der Waals surface area contributed by atoms with Crippen LogP contribution in [-0.4, -0.2) is 10.9 Å². The molecule has 0 unspecified atom stereocenters. The minimum absolute atomic E-state index is 0.299. The molecule has 1 heterocycles. The number of nitrogen functional groups attached to an aromatic ring is 1. The van der Waals surface area contributed by atoms with Gasteiger partial charge in [-0.1, -0.05) is 0 Å². The normalized spacial score (nSPS) is 10.3. The Morgan fingerprint density at radius 3 is 2.68 bits per heavy atom. The third-order valence-electron chi connectivity index (χ3n) is 2.73. The molecule has 3 N–H and O–H groups in total. The lowest BCUT2D eigenvalue weighted by molar-refractivity contribution is 0.102. The number of aryl methyl sites for hydroxylation is 2. The lowest BCUT2D eigenvalue weighted by atomic mass is 10.1. The van der Waals surface area contributed by atoms with Crippen molar-refractivity contribution >= 4 is 17.3 Å². The van der Waals surface area contributed by atoms with Gasteiger partial charge < -0.3 is 11.1 Å². The maximum atomic E-state index is 13.1. The molecule has 0 aliphatic carbocycles. The molecule has 0 spiro atoms. The van der Waals surface area contributed by atoms with E-state index in [0.717, 1.165) is 5.69 Å². The van der Waals surface area contributed by atoms with Crippen LogP contribution in [0.3, 0.4) is 0 Å². The van der Waals surface area contributed by atoms with Gasteiger partial charge in [-0.25, -0.2) is 4.39 Å². The van der Waals surface area contributed by atoms with Gasteiger partial charge in [-0.15, -0.1) is 0 Å². The Hall–Kier alpha value is -2.43. The lowest BCUT2D eigenvalue weighted by Gasteiger charge is -2.08. The summed E-state index contributed by atoms with van der Waals surface area (Å²) >= 11 is 0. The van der Waals surface area contributed by atoms with Gasteiger partial charge in [0.15, 0.2) is 0 Å². The minimum atomic E-state index is -0.365. The molecule has 0 aliphatic rings. The van der Waals surface area contributed by atoms with Gasteiger partial charge >= 0.3 is 0 Å². The zero-order valence-electron chi connectivity index (χ0n) is 10.7. The predicted octanol–water partition coefficient (Wildman–Crippen LogP) is 2.67. The number of nitrogens with one attached hydrogen (secondary N) is 1. The monoisotopic (exact) mass is 259 g/mol. The van der Waals surface area contributed by atoms with Crippen molar-refractivity contribution in [2.75, 3.05) is 11.1 Å². The van der Waals surface area contributed by atoms with E-state index in [1.807, 2.05) is 0 Å². The summed E-state index contributed by atoms with van der Waals surface area (Å²) in [6.45, 7) is 3.42. The Morgan fingerprint density at radius 1 is 1.32 bits per heavy atom. The number of pyridine rings is 1. The van der Waals surface area contributed by atoms with Crippen molar-refractivity contribution in [1.29, 1.82) is 0 Å². The molecule has 1 amide bonds. The molecule has 19 heavy (non-hydrogen) atoms. The van der Waals surface area contributed by atoms with Crippen LogP contribution in [-0.2, 0) is 0 Å². The van der Waals surface area contributed by atoms with Gasteiger partial charge in [0.2, 0.25) is 0 Å². The quantitative estimate of drug-likeness (QED) is 0.871. The number of carbonyl (C=O) groups is 1. The Balaban J connectivity index is 2.23. The summed E-state index contributed by atoms with van der Waals surface area (Å²) in [6.07, 6.45) is 1.43. The Labute approximate surface area is 110 Å². The second-order valence-corrected chi connectivity index (χ2v) is 4.33. The molecule has 0 saturated carbocycles. The van der Waals surface area contributed by atoms with Crippen LogP contribution in [0.15, 0.2) is 30.5 Å². The number of benzene rings is 1. The standard InChI is InChI=1S/C14H14FN3O/c1-8-5-10(3-4-12(8)15)18-14(19)11-7-17-9(2)6-13(11)16/h3-7H,1-2H3,(H2,16,17)(H,18,19). The first kappa shape index (κ1) is 13.0. The maximum absolute atomic E-state index is 13.1. The molecule has 4 nitrogen and oxygen atoms in total.